The molecule has 0 aliphatic carbocycles. The lowest BCUT2D eigenvalue weighted by atomic mass is 9.93. The number of hydrogen-bond donors (Lipinski definition) is 2. The van der Waals surface area contributed by atoms with Crippen LogP contribution >= 0.6 is 0 Å². The quantitative estimate of drug-likeness (QED) is 0.788. The Kier molecular flexibility index (Phi) is 3.55. The largest absolute Gasteiger partial charge is 0.465 e. The predicted octanol–water partition coefficient (Wildman–Crippen LogP) is 2.60. The molecule has 0 saturated carbocycles. The van der Waals surface area contributed by atoms with Gasteiger partial charge < -0.3 is 15.7 Å². The van der Waals surface area contributed by atoms with Gasteiger partial charge in [-0.1, -0.05) is 19.1 Å². The van der Waals surface area contributed by atoms with Crippen molar-refractivity contribution in [3.8, 4) is 0 Å². The Bertz CT molecular complexity index is 495. The maximum Gasteiger partial charge on any atom is 0.407 e. The molecular weight excluding hydrogens is 228 g/mol. The van der Waals surface area contributed by atoms with Gasteiger partial charge in [-0.15, -0.1) is 0 Å². The zero-order valence-corrected chi connectivity index (χ0v) is 10.5. The smallest absolute Gasteiger partial charge is 0.407 e. The average Bonchev–Trinajstić information content (AvgIpc) is 2.38. The monoisotopic (exact) mass is 246 g/mol. The maximum absolute atomic E-state index is 10.8. The van der Waals surface area contributed by atoms with Gasteiger partial charge in [0.1, 0.15) is 0 Å². The van der Waals surface area contributed by atoms with E-state index in [1.807, 2.05) is 24.3 Å². The molecule has 1 aliphatic rings. The average molecular weight is 246 g/mol. The Morgan fingerprint density at radius 3 is 2.83 bits per heavy atom. The van der Waals surface area contributed by atoms with E-state index in [0.29, 0.717) is 13.1 Å². The Morgan fingerprint density at radius 1 is 1.50 bits per heavy atom. The summed E-state index contributed by atoms with van der Waals surface area (Å²) in [5, 5.41) is 8.91. The molecule has 1 aromatic rings. The molecule has 4 heteroatoms. The molecule has 0 unspecified atom stereocenters. The van der Waals surface area contributed by atoms with Gasteiger partial charge in [-0.05, 0) is 41.7 Å². The number of nitrogens with zero attached hydrogens (tertiary/aromatic N) is 1. The fourth-order valence-corrected chi connectivity index (χ4v) is 2.31. The third-order valence-corrected chi connectivity index (χ3v) is 3.34. The minimum Gasteiger partial charge on any atom is -0.465 e. The van der Waals surface area contributed by atoms with Crippen molar-refractivity contribution in [2.24, 2.45) is 0 Å². The minimum absolute atomic E-state index is 0.470. The normalized spacial score (nSPS) is 15.4. The molecule has 0 saturated heterocycles. The molecule has 1 aliphatic heterocycles. The molecule has 96 valence electrons. The van der Waals surface area contributed by atoms with Crippen LogP contribution in [0.15, 0.2) is 24.3 Å². The van der Waals surface area contributed by atoms with Crippen molar-refractivity contribution < 1.29 is 9.90 Å². The van der Waals surface area contributed by atoms with Gasteiger partial charge in [-0.2, -0.15) is 0 Å². The second-order valence-corrected chi connectivity index (χ2v) is 4.48. The van der Waals surface area contributed by atoms with Crippen LogP contribution in [0.3, 0.4) is 0 Å². The van der Waals surface area contributed by atoms with Crippen LogP contribution in [0.2, 0.25) is 0 Å². The lowest BCUT2D eigenvalue weighted by Crippen LogP contribution is -2.33. The van der Waals surface area contributed by atoms with E-state index < -0.39 is 6.09 Å². The molecule has 0 atom stereocenters. The Labute approximate surface area is 107 Å². The molecule has 18 heavy (non-hydrogen) atoms. The SMILES string of the molecule is CCc1cc(N)ccc1C1=CCN(C(=O)O)CC1. The standard InChI is InChI=1S/C14H18N2O2/c1-2-10-9-12(15)3-4-13(10)11-5-7-16(8-6-11)14(17)18/h3-5,9H,2,6-8,15H2,1H3,(H,17,18). The van der Waals surface area contributed by atoms with Crippen molar-refractivity contribution in [3.63, 3.8) is 0 Å². The molecule has 2 rings (SSSR count). The summed E-state index contributed by atoms with van der Waals surface area (Å²) in [5.74, 6) is 0. The Balaban J connectivity index is 2.25. The number of hydrogen-bond acceptors (Lipinski definition) is 2. The molecule has 0 bridgehead atoms. The van der Waals surface area contributed by atoms with E-state index in [9.17, 15) is 4.79 Å². The number of carboxylic acid groups (broad SMARTS) is 1. The molecule has 0 aromatic heterocycles. The van der Waals surface area contributed by atoms with Crippen LogP contribution in [0, 0.1) is 0 Å². The van der Waals surface area contributed by atoms with Crippen LogP contribution < -0.4 is 5.73 Å². The minimum atomic E-state index is -0.849. The number of anilines is 1. The third-order valence-electron chi connectivity index (χ3n) is 3.34. The predicted molar refractivity (Wildman–Crippen MR) is 72.4 cm³/mol. The van der Waals surface area contributed by atoms with Crippen LogP contribution in [0.5, 0.6) is 0 Å². The van der Waals surface area contributed by atoms with Crippen LogP contribution in [0.4, 0.5) is 10.5 Å². The molecule has 1 heterocycles. The number of nitrogens with two attached hydrogens (primary N) is 1. The van der Waals surface area contributed by atoms with E-state index in [1.54, 1.807) is 0 Å². The van der Waals surface area contributed by atoms with Crippen LogP contribution in [0.25, 0.3) is 5.57 Å². The first-order chi connectivity index (χ1) is 8.61. The molecule has 4 nitrogen and oxygen atoms in total. The number of aryl methyl sites for hydroxylation is 1. The highest BCUT2D eigenvalue weighted by Gasteiger charge is 2.17. The summed E-state index contributed by atoms with van der Waals surface area (Å²) in [6.07, 6.45) is 2.85. The number of benzene rings is 1. The van der Waals surface area contributed by atoms with Gasteiger partial charge in [0.25, 0.3) is 0 Å². The van der Waals surface area contributed by atoms with Crippen LogP contribution in [-0.4, -0.2) is 29.2 Å². The Morgan fingerprint density at radius 2 is 2.28 bits per heavy atom. The molecule has 0 spiro atoms. The number of nitrogen functional groups attached to an aromatic ring is 1. The summed E-state index contributed by atoms with van der Waals surface area (Å²) in [7, 11) is 0. The summed E-state index contributed by atoms with van der Waals surface area (Å²) in [6, 6.07) is 5.94. The van der Waals surface area contributed by atoms with Gasteiger partial charge in [-0.25, -0.2) is 4.79 Å². The lowest BCUT2D eigenvalue weighted by Gasteiger charge is -2.24. The van der Waals surface area contributed by atoms with E-state index in [0.717, 1.165) is 18.5 Å². The first-order valence-corrected chi connectivity index (χ1v) is 6.17. The second kappa shape index (κ2) is 5.12. The van der Waals surface area contributed by atoms with Crippen molar-refractivity contribution in [2.45, 2.75) is 19.8 Å². The number of amides is 1. The lowest BCUT2D eigenvalue weighted by molar-refractivity contribution is 0.150. The summed E-state index contributed by atoms with van der Waals surface area (Å²) in [5.41, 5.74) is 10.2. The van der Waals surface area contributed by atoms with Crippen LogP contribution in [0.1, 0.15) is 24.5 Å². The fraction of sp³-hybridized carbons (Fsp3) is 0.357. The van der Waals surface area contributed by atoms with Gasteiger partial charge >= 0.3 is 6.09 Å². The molecule has 3 N–H and O–H groups in total. The topological polar surface area (TPSA) is 66.6 Å². The first kappa shape index (κ1) is 12.5. The summed E-state index contributed by atoms with van der Waals surface area (Å²) in [6.45, 7) is 3.14. The first-order valence-electron chi connectivity index (χ1n) is 6.17. The van der Waals surface area contributed by atoms with Gasteiger partial charge in [0, 0.05) is 18.8 Å². The van der Waals surface area contributed by atoms with Crippen molar-refractivity contribution in [3.05, 3.63) is 35.4 Å². The Hall–Kier alpha value is -1.97. The fourth-order valence-electron chi connectivity index (χ4n) is 2.31. The number of rotatable bonds is 2. The summed E-state index contributed by atoms with van der Waals surface area (Å²) < 4.78 is 0. The molecular formula is C14H18N2O2. The van der Waals surface area contributed by atoms with Gasteiger partial charge in [0.05, 0.1) is 0 Å². The molecule has 0 fully saturated rings. The third kappa shape index (κ3) is 2.47. The van der Waals surface area contributed by atoms with Gasteiger partial charge in [0.15, 0.2) is 0 Å². The molecule has 1 aromatic carbocycles. The van der Waals surface area contributed by atoms with Crippen LogP contribution in [-0.2, 0) is 6.42 Å². The zero-order valence-electron chi connectivity index (χ0n) is 10.5. The number of carbonyl (C=O) groups is 1. The van der Waals surface area contributed by atoms with Crippen molar-refractivity contribution in [1.82, 2.24) is 4.90 Å². The van der Waals surface area contributed by atoms with Crippen molar-refractivity contribution in [1.29, 1.82) is 0 Å². The molecule has 1 amide bonds. The highest BCUT2D eigenvalue weighted by Crippen LogP contribution is 2.27. The van der Waals surface area contributed by atoms with E-state index in [2.05, 4.69) is 6.92 Å². The maximum atomic E-state index is 10.8. The van der Waals surface area contributed by atoms with E-state index >= 15 is 0 Å². The van der Waals surface area contributed by atoms with E-state index in [-0.39, 0.29) is 0 Å². The zero-order chi connectivity index (χ0) is 13.1. The van der Waals surface area contributed by atoms with E-state index in [4.69, 9.17) is 10.8 Å². The second-order valence-electron chi connectivity index (χ2n) is 4.48. The highest BCUT2D eigenvalue weighted by molar-refractivity contribution is 5.73. The summed E-state index contributed by atoms with van der Waals surface area (Å²) in [4.78, 5) is 12.3. The van der Waals surface area contributed by atoms with Gasteiger partial charge in [0.2, 0.25) is 0 Å². The summed E-state index contributed by atoms with van der Waals surface area (Å²) >= 11 is 0. The van der Waals surface area contributed by atoms with Crippen molar-refractivity contribution >= 4 is 17.4 Å². The van der Waals surface area contributed by atoms with Crippen molar-refractivity contribution in [2.75, 3.05) is 18.8 Å². The molecule has 0 radical (unpaired) electrons. The van der Waals surface area contributed by atoms with Gasteiger partial charge in [-0.3, -0.25) is 0 Å². The van der Waals surface area contributed by atoms with E-state index in [1.165, 1.54) is 21.6 Å². The highest BCUT2D eigenvalue weighted by atomic mass is 16.4.